The Labute approximate surface area is 113 Å². The Morgan fingerprint density at radius 2 is 2.28 bits per heavy atom. The van der Waals surface area contributed by atoms with Gasteiger partial charge in [0.15, 0.2) is 0 Å². The van der Waals surface area contributed by atoms with E-state index in [9.17, 15) is 0 Å². The van der Waals surface area contributed by atoms with E-state index in [4.69, 9.17) is 21.1 Å². The van der Waals surface area contributed by atoms with Gasteiger partial charge in [0.1, 0.15) is 11.9 Å². The fourth-order valence-corrected chi connectivity index (χ4v) is 3.26. The van der Waals surface area contributed by atoms with E-state index in [1.165, 1.54) is 5.56 Å². The monoisotopic (exact) mass is 266 g/mol. The van der Waals surface area contributed by atoms with E-state index in [0.29, 0.717) is 0 Å². The first kappa shape index (κ1) is 12.3. The number of hydrogen-bond donors (Lipinski definition) is 0. The van der Waals surface area contributed by atoms with Gasteiger partial charge in [0.05, 0.1) is 11.0 Å². The second-order valence-electron chi connectivity index (χ2n) is 5.63. The number of hydrogen-bond acceptors (Lipinski definition) is 2. The highest BCUT2D eigenvalue weighted by Gasteiger charge is 2.38. The van der Waals surface area contributed by atoms with Crippen molar-refractivity contribution in [3.8, 4) is 5.75 Å². The minimum absolute atomic E-state index is 0.0822. The molecule has 1 aromatic rings. The van der Waals surface area contributed by atoms with Gasteiger partial charge in [-0.3, -0.25) is 0 Å². The molecule has 18 heavy (non-hydrogen) atoms. The van der Waals surface area contributed by atoms with Crippen molar-refractivity contribution in [2.24, 2.45) is 0 Å². The first-order chi connectivity index (χ1) is 8.58. The van der Waals surface area contributed by atoms with E-state index in [2.05, 4.69) is 26.0 Å². The fraction of sp³-hybridized carbons (Fsp3) is 0.600. The minimum atomic E-state index is -0.221. The summed E-state index contributed by atoms with van der Waals surface area (Å²) in [6.07, 6.45) is 3.39. The summed E-state index contributed by atoms with van der Waals surface area (Å²) in [5, 5.41) is -0.0822. The molecule has 0 bridgehead atoms. The zero-order valence-corrected chi connectivity index (χ0v) is 11.7. The SMILES string of the molecule is CC1Cc2cc(C(Cl)C3(C)CCCO3)ccc2O1. The van der Waals surface area contributed by atoms with Crippen molar-refractivity contribution in [3.63, 3.8) is 0 Å². The quantitative estimate of drug-likeness (QED) is 0.757. The molecule has 0 spiro atoms. The highest BCUT2D eigenvalue weighted by Crippen LogP contribution is 2.43. The molecule has 3 rings (SSSR count). The maximum Gasteiger partial charge on any atom is 0.123 e. The Hall–Kier alpha value is -0.730. The number of rotatable bonds is 2. The summed E-state index contributed by atoms with van der Waals surface area (Å²) in [6, 6.07) is 6.30. The maximum atomic E-state index is 6.63. The van der Waals surface area contributed by atoms with Crippen LogP contribution in [0.3, 0.4) is 0 Å². The highest BCUT2D eigenvalue weighted by molar-refractivity contribution is 6.21. The number of alkyl halides is 1. The molecule has 2 aliphatic heterocycles. The Kier molecular flexibility index (Phi) is 3.03. The third kappa shape index (κ3) is 2.02. The number of halogens is 1. The molecule has 1 aromatic carbocycles. The summed E-state index contributed by atoms with van der Waals surface area (Å²) in [4.78, 5) is 0. The Balaban J connectivity index is 1.87. The third-order valence-electron chi connectivity index (χ3n) is 4.00. The normalized spacial score (nSPS) is 32.1. The molecule has 0 radical (unpaired) electrons. The average Bonchev–Trinajstić information content (AvgIpc) is 2.93. The van der Waals surface area contributed by atoms with Gasteiger partial charge in [-0.05, 0) is 43.9 Å². The molecule has 2 aliphatic rings. The van der Waals surface area contributed by atoms with Crippen LogP contribution in [0.5, 0.6) is 5.75 Å². The van der Waals surface area contributed by atoms with Gasteiger partial charge in [-0.2, -0.15) is 0 Å². The molecular weight excluding hydrogens is 248 g/mol. The molecule has 3 unspecified atom stereocenters. The van der Waals surface area contributed by atoms with E-state index in [1.807, 2.05) is 6.07 Å². The van der Waals surface area contributed by atoms with Crippen molar-refractivity contribution in [3.05, 3.63) is 29.3 Å². The summed E-state index contributed by atoms with van der Waals surface area (Å²) >= 11 is 6.63. The fourth-order valence-electron chi connectivity index (χ4n) is 2.95. The first-order valence-corrected chi connectivity index (χ1v) is 7.10. The molecule has 2 nitrogen and oxygen atoms in total. The van der Waals surface area contributed by atoms with Crippen LogP contribution in [0.4, 0.5) is 0 Å². The lowest BCUT2D eigenvalue weighted by atomic mass is 9.92. The predicted molar refractivity (Wildman–Crippen MR) is 72.4 cm³/mol. The Morgan fingerprint density at radius 3 is 3.00 bits per heavy atom. The summed E-state index contributed by atoms with van der Waals surface area (Å²) < 4.78 is 11.6. The van der Waals surface area contributed by atoms with Crippen molar-refractivity contribution in [1.29, 1.82) is 0 Å². The van der Waals surface area contributed by atoms with Crippen LogP contribution >= 0.6 is 11.6 Å². The minimum Gasteiger partial charge on any atom is -0.490 e. The topological polar surface area (TPSA) is 18.5 Å². The summed E-state index contributed by atoms with van der Waals surface area (Å²) in [6.45, 7) is 5.04. The first-order valence-electron chi connectivity index (χ1n) is 6.66. The van der Waals surface area contributed by atoms with Gasteiger partial charge in [0.25, 0.3) is 0 Å². The van der Waals surface area contributed by atoms with Gasteiger partial charge in [-0.15, -0.1) is 11.6 Å². The molecule has 3 atom stereocenters. The largest absolute Gasteiger partial charge is 0.490 e. The van der Waals surface area contributed by atoms with Gasteiger partial charge in [0.2, 0.25) is 0 Å². The third-order valence-corrected chi connectivity index (χ3v) is 4.71. The lowest BCUT2D eigenvalue weighted by molar-refractivity contribution is 0.0164. The van der Waals surface area contributed by atoms with Gasteiger partial charge in [-0.25, -0.2) is 0 Å². The van der Waals surface area contributed by atoms with Crippen LogP contribution in [-0.2, 0) is 11.2 Å². The van der Waals surface area contributed by atoms with Gasteiger partial charge < -0.3 is 9.47 Å². The molecule has 1 fully saturated rings. The van der Waals surface area contributed by atoms with Crippen LogP contribution in [0.2, 0.25) is 0 Å². The van der Waals surface area contributed by atoms with E-state index in [0.717, 1.165) is 37.2 Å². The molecule has 0 amide bonds. The average molecular weight is 267 g/mol. The van der Waals surface area contributed by atoms with Crippen molar-refractivity contribution in [2.75, 3.05) is 6.61 Å². The standard InChI is InChI=1S/C15H19ClO2/c1-10-8-12-9-11(4-5-13(12)18-10)14(16)15(2)6-3-7-17-15/h4-5,9-10,14H,3,6-8H2,1-2H3. The summed E-state index contributed by atoms with van der Waals surface area (Å²) in [5.74, 6) is 1.01. The molecule has 3 heteroatoms. The second kappa shape index (κ2) is 4.43. The highest BCUT2D eigenvalue weighted by atomic mass is 35.5. The molecule has 0 saturated carbocycles. The lowest BCUT2D eigenvalue weighted by Gasteiger charge is -2.29. The van der Waals surface area contributed by atoms with Crippen LogP contribution in [0, 0.1) is 0 Å². The second-order valence-corrected chi connectivity index (χ2v) is 6.06. The summed E-state index contributed by atoms with van der Waals surface area (Å²) in [7, 11) is 0. The molecule has 0 N–H and O–H groups in total. The predicted octanol–water partition coefficient (Wildman–Crippen LogP) is 3.86. The van der Waals surface area contributed by atoms with Gasteiger partial charge >= 0.3 is 0 Å². The van der Waals surface area contributed by atoms with Crippen LogP contribution in [0.15, 0.2) is 18.2 Å². The lowest BCUT2D eigenvalue weighted by Crippen LogP contribution is -2.28. The van der Waals surface area contributed by atoms with Crippen molar-refractivity contribution >= 4 is 11.6 Å². The van der Waals surface area contributed by atoms with Crippen molar-refractivity contribution in [1.82, 2.24) is 0 Å². The van der Waals surface area contributed by atoms with Crippen LogP contribution in [0.1, 0.15) is 43.2 Å². The number of fused-ring (bicyclic) bond motifs is 1. The van der Waals surface area contributed by atoms with E-state index in [1.54, 1.807) is 0 Å². The smallest absolute Gasteiger partial charge is 0.123 e. The molecule has 98 valence electrons. The zero-order valence-electron chi connectivity index (χ0n) is 10.9. The van der Waals surface area contributed by atoms with Gasteiger partial charge in [0, 0.05) is 13.0 Å². The molecule has 0 aliphatic carbocycles. The van der Waals surface area contributed by atoms with E-state index < -0.39 is 0 Å². The number of benzene rings is 1. The van der Waals surface area contributed by atoms with E-state index in [-0.39, 0.29) is 17.1 Å². The maximum absolute atomic E-state index is 6.63. The summed E-state index contributed by atoms with van der Waals surface area (Å²) in [5.41, 5.74) is 2.20. The molecular formula is C15H19ClO2. The van der Waals surface area contributed by atoms with Crippen molar-refractivity contribution < 1.29 is 9.47 Å². The van der Waals surface area contributed by atoms with Gasteiger partial charge in [-0.1, -0.05) is 12.1 Å². The van der Waals surface area contributed by atoms with Crippen molar-refractivity contribution in [2.45, 2.75) is 50.2 Å². The molecule has 2 heterocycles. The number of ether oxygens (including phenoxy) is 2. The van der Waals surface area contributed by atoms with Crippen LogP contribution in [-0.4, -0.2) is 18.3 Å². The zero-order chi connectivity index (χ0) is 12.8. The van der Waals surface area contributed by atoms with Crippen LogP contribution in [0.25, 0.3) is 0 Å². The Morgan fingerprint density at radius 1 is 1.44 bits per heavy atom. The molecule has 0 aromatic heterocycles. The Bertz CT molecular complexity index is 452. The van der Waals surface area contributed by atoms with Crippen LogP contribution < -0.4 is 4.74 Å². The van der Waals surface area contributed by atoms with E-state index >= 15 is 0 Å². The molecule has 1 saturated heterocycles.